The minimum absolute atomic E-state index is 0.188. The Morgan fingerprint density at radius 2 is 2.47 bits per heavy atom. The third-order valence-corrected chi connectivity index (χ3v) is 1.85. The Kier molecular flexibility index (Phi) is 2.40. The second-order valence-corrected chi connectivity index (χ2v) is 2.96. The molecule has 0 aliphatic heterocycles. The van der Waals surface area contributed by atoms with Crippen LogP contribution in [0.5, 0.6) is 0 Å². The molecule has 0 bridgehead atoms. The lowest BCUT2D eigenvalue weighted by Gasteiger charge is -2.07. The molecule has 6 heteroatoms. The fourth-order valence-electron chi connectivity index (χ4n) is 1.13. The molecule has 2 aromatic rings. The first-order valence-electron chi connectivity index (χ1n) is 4.36. The highest BCUT2D eigenvalue weighted by molar-refractivity contribution is 5.30. The molecular weight excluding hydrogens is 196 g/mol. The van der Waals surface area contributed by atoms with Gasteiger partial charge in [-0.05, 0) is 12.1 Å². The highest BCUT2D eigenvalue weighted by Gasteiger charge is 2.05. The van der Waals surface area contributed by atoms with E-state index in [0.717, 1.165) is 5.76 Å². The molecule has 15 heavy (non-hydrogen) atoms. The van der Waals surface area contributed by atoms with E-state index in [0.29, 0.717) is 17.1 Å². The van der Waals surface area contributed by atoms with Gasteiger partial charge in [0, 0.05) is 0 Å². The molecule has 0 saturated carbocycles. The van der Waals surface area contributed by atoms with E-state index in [1.54, 1.807) is 12.3 Å². The van der Waals surface area contributed by atoms with Crippen LogP contribution in [0.4, 0.5) is 11.6 Å². The van der Waals surface area contributed by atoms with Gasteiger partial charge in [0.05, 0.1) is 6.26 Å². The summed E-state index contributed by atoms with van der Waals surface area (Å²) in [6, 6.07) is 3.59. The van der Waals surface area contributed by atoms with Gasteiger partial charge >= 0.3 is 0 Å². The predicted molar refractivity (Wildman–Crippen MR) is 53.6 cm³/mol. The zero-order valence-corrected chi connectivity index (χ0v) is 7.88. The molecule has 0 saturated heterocycles. The van der Waals surface area contributed by atoms with Crippen molar-refractivity contribution in [1.29, 1.82) is 0 Å². The molecule has 0 amide bonds. The smallest absolute Gasteiger partial charge is 0.296 e. The van der Waals surface area contributed by atoms with Gasteiger partial charge in [-0.3, -0.25) is 5.32 Å². The van der Waals surface area contributed by atoms with Crippen molar-refractivity contribution in [2.45, 2.75) is 6.54 Å². The van der Waals surface area contributed by atoms with Gasteiger partial charge in [0.25, 0.3) is 5.82 Å². The summed E-state index contributed by atoms with van der Waals surface area (Å²) in [5.41, 5.74) is 5.34. The van der Waals surface area contributed by atoms with Gasteiger partial charge in [0.1, 0.15) is 24.7 Å². The molecule has 2 aromatic heterocycles. The number of furan rings is 1. The molecule has 3 N–H and O–H groups in total. The Labute approximate surface area is 85.9 Å². The van der Waals surface area contributed by atoms with Crippen LogP contribution in [-0.2, 0) is 6.54 Å². The SMILES string of the molecule is Nc1c[n+]([O-])c(NCc2ccco2)cn1. The molecule has 0 aliphatic rings. The predicted octanol–water partition coefficient (Wildman–Crippen LogP) is 0.502. The van der Waals surface area contributed by atoms with Crippen LogP contribution in [0.15, 0.2) is 35.2 Å². The van der Waals surface area contributed by atoms with Gasteiger partial charge in [-0.15, -0.1) is 0 Å². The van der Waals surface area contributed by atoms with Crippen LogP contribution in [0, 0.1) is 5.21 Å². The minimum Gasteiger partial charge on any atom is -0.710 e. The Morgan fingerprint density at radius 1 is 1.60 bits per heavy atom. The number of nitrogen functional groups attached to an aromatic ring is 1. The Hall–Kier alpha value is -2.24. The van der Waals surface area contributed by atoms with Gasteiger partial charge < -0.3 is 15.4 Å². The summed E-state index contributed by atoms with van der Waals surface area (Å²) in [5.74, 6) is 1.26. The third kappa shape index (κ3) is 2.16. The average molecular weight is 206 g/mol. The molecule has 2 rings (SSSR count). The highest BCUT2D eigenvalue weighted by atomic mass is 16.5. The molecule has 0 aliphatic carbocycles. The topological polar surface area (TPSA) is 91.0 Å². The van der Waals surface area contributed by atoms with Gasteiger partial charge in [0.15, 0.2) is 5.82 Å². The van der Waals surface area contributed by atoms with E-state index in [-0.39, 0.29) is 5.82 Å². The summed E-state index contributed by atoms with van der Waals surface area (Å²) in [6.07, 6.45) is 4.15. The molecule has 0 fully saturated rings. The fraction of sp³-hybridized carbons (Fsp3) is 0.111. The van der Waals surface area contributed by atoms with E-state index in [2.05, 4.69) is 10.3 Å². The highest BCUT2D eigenvalue weighted by Crippen LogP contribution is 2.04. The third-order valence-electron chi connectivity index (χ3n) is 1.85. The van der Waals surface area contributed by atoms with Crippen molar-refractivity contribution in [2.75, 3.05) is 11.1 Å². The van der Waals surface area contributed by atoms with E-state index in [1.807, 2.05) is 6.07 Å². The second kappa shape index (κ2) is 3.87. The van der Waals surface area contributed by atoms with Crippen molar-refractivity contribution in [1.82, 2.24) is 4.98 Å². The van der Waals surface area contributed by atoms with Crippen LogP contribution in [0.3, 0.4) is 0 Å². The standard InChI is InChI=1S/C9H10N4O2/c10-8-6-13(14)9(5-11-8)12-4-7-2-1-3-15-7/h1-3,5-6,12H,4H2,(H2,10,11). The maximum absolute atomic E-state index is 11.3. The zero-order chi connectivity index (χ0) is 10.7. The maximum Gasteiger partial charge on any atom is 0.296 e. The summed E-state index contributed by atoms with van der Waals surface area (Å²) in [4.78, 5) is 3.80. The van der Waals surface area contributed by atoms with Crippen molar-refractivity contribution < 1.29 is 9.15 Å². The van der Waals surface area contributed by atoms with E-state index in [9.17, 15) is 5.21 Å². The summed E-state index contributed by atoms with van der Waals surface area (Å²) in [6.45, 7) is 0.431. The number of rotatable bonds is 3. The van der Waals surface area contributed by atoms with E-state index >= 15 is 0 Å². The van der Waals surface area contributed by atoms with Crippen LogP contribution < -0.4 is 15.8 Å². The fourth-order valence-corrected chi connectivity index (χ4v) is 1.13. The number of anilines is 2. The molecule has 2 heterocycles. The van der Waals surface area contributed by atoms with Crippen LogP contribution in [0.1, 0.15) is 5.76 Å². The normalized spacial score (nSPS) is 10.1. The first-order chi connectivity index (χ1) is 7.25. The molecule has 0 atom stereocenters. The lowest BCUT2D eigenvalue weighted by molar-refractivity contribution is -0.590. The van der Waals surface area contributed by atoms with Gasteiger partial charge in [-0.1, -0.05) is 0 Å². The Morgan fingerprint density at radius 3 is 3.13 bits per heavy atom. The zero-order valence-electron chi connectivity index (χ0n) is 7.88. The number of nitrogens with zero attached hydrogens (tertiary/aromatic N) is 2. The number of nitrogens with one attached hydrogen (secondary N) is 1. The van der Waals surface area contributed by atoms with Crippen molar-refractivity contribution in [3.63, 3.8) is 0 Å². The molecule has 0 radical (unpaired) electrons. The number of hydrogen-bond donors (Lipinski definition) is 2. The second-order valence-electron chi connectivity index (χ2n) is 2.96. The number of nitrogens with two attached hydrogens (primary N) is 1. The number of aromatic nitrogens is 2. The first kappa shape index (κ1) is 9.32. The molecule has 6 nitrogen and oxygen atoms in total. The summed E-state index contributed by atoms with van der Waals surface area (Å²) in [5, 5.41) is 14.2. The molecule has 78 valence electrons. The van der Waals surface area contributed by atoms with Crippen LogP contribution in [0.2, 0.25) is 0 Å². The Bertz CT molecular complexity index is 441. The van der Waals surface area contributed by atoms with E-state index in [4.69, 9.17) is 10.2 Å². The van der Waals surface area contributed by atoms with Crippen LogP contribution in [0.25, 0.3) is 0 Å². The average Bonchev–Trinajstić information content (AvgIpc) is 2.69. The lowest BCUT2D eigenvalue weighted by Crippen LogP contribution is -2.31. The summed E-state index contributed by atoms with van der Waals surface area (Å²) in [7, 11) is 0. The maximum atomic E-state index is 11.3. The Balaban J connectivity index is 2.05. The van der Waals surface area contributed by atoms with E-state index < -0.39 is 0 Å². The van der Waals surface area contributed by atoms with Crippen molar-refractivity contribution in [3.05, 3.63) is 41.8 Å². The quantitative estimate of drug-likeness (QED) is 0.563. The van der Waals surface area contributed by atoms with E-state index in [1.165, 1.54) is 12.4 Å². The minimum atomic E-state index is 0.188. The van der Waals surface area contributed by atoms with Crippen molar-refractivity contribution >= 4 is 11.6 Å². The number of hydrogen-bond acceptors (Lipinski definition) is 5. The summed E-state index contributed by atoms with van der Waals surface area (Å²) < 4.78 is 5.73. The van der Waals surface area contributed by atoms with Gasteiger partial charge in [0.2, 0.25) is 0 Å². The van der Waals surface area contributed by atoms with Gasteiger partial charge in [-0.2, -0.15) is 0 Å². The van der Waals surface area contributed by atoms with Crippen molar-refractivity contribution in [3.8, 4) is 0 Å². The van der Waals surface area contributed by atoms with Crippen molar-refractivity contribution in [2.24, 2.45) is 0 Å². The molecule has 0 spiro atoms. The van der Waals surface area contributed by atoms with Gasteiger partial charge in [-0.25, -0.2) is 9.71 Å². The van der Waals surface area contributed by atoms with Crippen LogP contribution in [-0.4, -0.2) is 4.98 Å². The largest absolute Gasteiger partial charge is 0.710 e. The molecule has 0 unspecified atom stereocenters. The monoisotopic (exact) mass is 206 g/mol. The molecule has 0 aromatic carbocycles. The lowest BCUT2D eigenvalue weighted by atomic mass is 10.4. The first-order valence-corrected chi connectivity index (χ1v) is 4.36. The van der Waals surface area contributed by atoms with Crippen LogP contribution >= 0.6 is 0 Å². The summed E-state index contributed by atoms with van der Waals surface area (Å²) >= 11 is 0. The molecular formula is C9H10N4O2.